The van der Waals surface area contributed by atoms with Crippen LogP contribution in [0.25, 0.3) is 0 Å². The molecule has 0 aromatic rings. The summed E-state index contributed by atoms with van der Waals surface area (Å²) in [6, 6.07) is 0. The normalized spacial score (nSPS) is 22.5. The molecule has 0 amide bonds. The molecule has 62 valence electrons. The molecule has 0 N–H and O–H groups in total. The number of carbonyl (C=O) groups is 1. The van der Waals surface area contributed by atoms with E-state index in [2.05, 4.69) is 6.08 Å². The predicted molar refractivity (Wildman–Crippen MR) is 48.8 cm³/mol. The number of ketones is 1. The minimum atomic E-state index is 0.141. The van der Waals surface area contributed by atoms with Gasteiger partial charge in [0.1, 0.15) is 0 Å². The van der Waals surface area contributed by atoms with Crippen LogP contribution in [0.3, 0.4) is 0 Å². The van der Waals surface area contributed by atoms with E-state index in [1.54, 1.807) is 12.2 Å². The first-order valence-corrected chi connectivity index (χ1v) is 4.44. The lowest BCUT2D eigenvalue weighted by atomic mass is 9.88. The average molecular weight is 160 g/mol. The zero-order chi connectivity index (χ0) is 8.39. The summed E-state index contributed by atoms with van der Waals surface area (Å²) in [5, 5.41) is 0. The van der Waals surface area contributed by atoms with Crippen molar-refractivity contribution in [3.8, 4) is 0 Å². The van der Waals surface area contributed by atoms with Crippen LogP contribution in [-0.4, -0.2) is 5.78 Å². The van der Waals surface area contributed by atoms with Crippen LogP contribution in [0.4, 0.5) is 0 Å². The van der Waals surface area contributed by atoms with Crippen LogP contribution in [0.5, 0.6) is 0 Å². The van der Waals surface area contributed by atoms with Crippen molar-refractivity contribution in [1.82, 2.24) is 0 Å². The van der Waals surface area contributed by atoms with E-state index in [4.69, 9.17) is 0 Å². The Balaban J connectivity index is 2.35. The summed E-state index contributed by atoms with van der Waals surface area (Å²) in [7, 11) is 0. The average Bonchev–Trinajstić information content (AvgIpc) is 2.03. The predicted octanol–water partition coefficient (Wildman–Crippen LogP) is 2.55. The van der Waals surface area contributed by atoms with Crippen LogP contribution < -0.4 is 0 Å². The highest BCUT2D eigenvalue weighted by Gasteiger charge is 2.11. The number of allylic oxidation sites excluding steroid dienone is 6. The van der Waals surface area contributed by atoms with E-state index >= 15 is 0 Å². The zero-order valence-corrected chi connectivity index (χ0v) is 7.05. The van der Waals surface area contributed by atoms with Gasteiger partial charge in [0.25, 0.3) is 0 Å². The summed E-state index contributed by atoms with van der Waals surface area (Å²) in [5.74, 6) is 0.141. The van der Waals surface area contributed by atoms with Crippen molar-refractivity contribution in [2.45, 2.75) is 25.7 Å². The third-order valence-corrected chi connectivity index (χ3v) is 2.39. The maximum atomic E-state index is 11.1. The highest BCUT2D eigenvalue weighted by Crippen LogP contribution is 2.28. The zero-order valence-electron chi connectivity index (χ0n) is 7.05. The smallest absolute Gasteiger partial charge is 0.178 e. The molecule has 0 heterocycles. The summed E-state index contributed by atoms with van der Waals surface area (Å²) < 4.78 is 0. The quantitative estimate of drug-likeness (QED) is 0.532. The van der Waals surface area contributed by atoms with Crippen molar-refractivity contribution < 1.29 is 4.79 Å². The fourth-order valence-electron chi connectivity index (χ4n) is 1.80. The minimum absolute atomic E-state index is 0.141. The third kappa shape index (κ3) is 1.55. The van der Waals surface area contributed by atoms with Gasteiger partial charge >= 0.3 is 0 Å². The summed E-state index contributed by atoms with van der Waals surface area (Å²) in [5.41, 5.74) is 2.78. The Hall–Kier alpha value is -1.11. The molecule has 0 aromatic carbocycles. The van der Waals surface area contributed by atoms with Gasteiger partial charge in [-0.15, -0.1) is 0 Å². The van der Waals surface area contributed by atoms with E-state index in [-0.39, 0.29) is 5.78 Å². The Bertz CT molecular complexity index is 292. The molecule has 0 atom stereocenters. The maximum absolute atomic E-state index is 11.1. The van der Waals surface area contributed by atoms with E-state index in [1.165, 1.54) is 24.0 Å². The van der Waals surface area contributed by atoms with Gasteiger partial charge in [0.15, 0.2) is 5.78 Å². The van der Waals surface area contributed by atoms with Gasteiger partial charge in [-0.2, -0.15) is 0 Å². The van der Waals surface area contributed by atoms with Gasteiger partial charge in [0, 0.05) is 0 Å². The SMILES string of the molecule is O=C1C=CC=C2CCCC(=C1)C2. The van der Waals surface area contributed by atoms with Gasteiger partial charge in [-0.1, -0.05) is 23.3 Å². The molecule has 1 heteroatoms. The molecule has 0 saturated heterocycles. The first kappa shape index (κ1) is 7.53. The second-order valence-corrected chi connectivity index (χ2v) is 3.42. The largest absolute Gasteiger partial charge is 0.290 e. The molecule has 1 fully saturated rings. The Morgan fingerprint density at radius 3 is 2.92 bits per heavy atom. The second-order valence-electron chi connectivity index (χ2n) is 3.42. The number of hydrogen-bond donors (Lipinski definition) is 0. The molecule has 0 aliphatic heterocycles. The highest BCUT2D eigenvalue weighted by atomic mass is 16.1. The van der Waals surface area contributed by atoms with E-state index in [9.17, 15) is 4.79 Å². The van der Waals surface area contributed by atoms with Gasteiger partial charge < -0.3 is 0 Å². The van der Waals surface area contributed by atoms with Crippen LogP contribution in [0, 0.1) is 0 Å². The maximum Gasteiger partial charge on any atom is 0.178 e. The molecule has 2 aliphatic rings. The van der Waals surface area contributed by atoms with Gasteiger partial charge in [-0.3, -0.25) is 4.79 Å². The summed E-state index contributed by atoms with van der Waals surface area (Å²) in [4.78, 5) is 11.1. The molecular formula is C11H12O. The van der Waals surface area contributed by atoms with Gasteiger partial charge in [-0.05, 0) is 37.8 Å². The Morgan fingerprint density at radius 2 is 2.00 bits per heavy atom. The third-order valence-electron chi connectivity index (χ3n) is 2.39. The number of hydrogen-bond acceptors (Lipinski definition) is 1. The highest BCUT2D eigenvalue weighted by molar-refractivity contribution is 6.00. The van der Waals surface area contributed by atoms with Crippen molar-refractivity contribution in [3.63, 3.8) is 0 Å². The van der Waals surface area contributed by atoms with Crippen molar-refractivity contribution in [2.24, 2.45) is 0 Å². The standard InChI is InChI=1S/C11H12O/c12-11-6-2-4-9-3-1-5-10(7-9)8-11/h2,4,6,8H,1,3,5,7H2. The number of carbonyl (C=O) groups excluding carboxylic acids is 1. The topological polar surface area (TPSA) is 17.1 Å². The second kappa shape index (κ2) is 3.10. The number of fused-ring (bicyclic) bond motifs is 2. The van der Waals surface area contributed by atoms with E-state index < -0.39 is 0 Å². The lowest BCUT2D eigenvalue weighted by Crippen LogP contribution is -2.01. The lowest BCUT2D eigenvalue weighted by molar-refractivity contribution is -0.110. The van der Waals surface area contributed by atoms with Crippen LogP contribution >= 0.6 is 0 Å². The van der Waals surface area contributed by atoms with Crippen molar-refractivity contribution in [2.75, 3.05) is 0 Å². The van der Waals surface area contributed by atoms with E-state index in [0.717, 1.165) is 12.8 Å². The van der Waals surface area contributed by atoms with Crippen LogP contribution in [-0.2, 0) is 4.79 Å². The molecule has 0 aromatic heterocycles. The van der Waals surface area contributed by atoms with Crippen LogP contribution in [0.1, 0.15) is 25.7 Å². The van der Waals surface area contributed by atoms with E-state index in [1.807, 2.05) is 6.08 Å². The molecule has 1 saturated carbocycles. The van der Waals surface area contributed by atoms with Crippen molar-refractivity contribution in [1.29, 1.82) is 0 Å². The Labute approximate surface area is 72.5 Å². The van der Waals surface area contributed by atoms with Crippen molar-refractivity contribution in [3.05, 3.63) is 35.5 Å². The van der Waals surface area contributed by atoms with Crippen molar-refractivity contribution >= 4 is 5.78 Å². The fourth-order valence-corrected chi connectivity index (χ4v) is 1.80. The molecule has 0 spiro atoms. The molecular weight excluding hydrogens is 148 g/mol. The monoisotopic (exact) mass is 160 g/mol. The first-order chi connectivity index (χ1) is 5.84. The molecule has 0 unspecified atom stereocenters. The molecule has 2 bridgehead atoms. The van der Waals surface area contributed by atoms with Crippen LogP contribution in [0.2, 0.25) is 0 Å². The molecule has 1 nitrogen and oxygen atoms in total. The Kier molecular flexibility index (Phi) is 1.94. The van der Waals surface area contributed by atoms with Crippen LogP contribution in [0.15, 0.2) is 35.5 Å². The first-order valence-electron chi connectivity index (χ1n) is 4.44. The fraction of sp³-hybridized carbons (Fsp3) is 0.364. The molecule has 2 aliphatic carbocycles. The summed E-state index contributed by atoms with van der Waals surface area (Å²) in [6.45, 7) is 0. The van der Waals surface area contributed by atoms with Gasteiger partial charge in [0.2, 0.25) is 0 Å². The van der Waals surface area contributed by atoms with Gasteiger partial charge in [0.05, 0.1) is 0 Å². The van der Waals surface area contributed by atoms with Gasteiger partial charge in [-0.25, -0.2) is 0 Å². The number of rotatable bonds is 0. The molecule has 0 radical (unpaired) electrons. The van der Waals surface area contributed by atoms with E-state index in [0.29, 0.717) is 0 Å². The molecule has 2 rings (SSSR count). The lowest BCUT2D eigenvalue weighted by Gasteiger charge is -2.17. The summed E-state index contributed by atoms with van der Waals surface area (Å²) >= 11 is 0. The Morgan fingerprint density at radius 1 is 1.17 bits per heavy atom. The minimum Gasteiger partial charge on any atom is -0.290 e. The molecule has 12 heavy (non-hydrogen) atoms. The summed E-state index contributed by atoms with van der Waals surface area (Å²) in [6.07, 6.45) is 11.9.